The summed E-state index contributed by atoms with van der Waals surface area (Å²) < 4.78 is 11.2. The second-order valence-corrected chi connectivity index (χ2v) is 7.44. The van der Waals surface area contributed by atoms with Gasteiger partial charge in [0, 0.05) is 5.56 Å². The monoisotopic (exact) mass is 420 g/mol. The average molecular weight is 420 g/mol. The molecule has 0 bridgehead atoms. The van der Waals surface area contributed by atoms with Crippen LogP contribution >= 0.6 is 11.8 Å². The second-order valence-electron chi connectivity index (χ2n) is 6.42. The van der Waals surface area contributed by atoms with Crippen molar-refractivity contribution in [2.75, 3.05) is 6.61 Å². The molecule has 0 radical (unpaired) electrons. The molecule has 0 spiro atoms. The molecule has 30 heavy (non-hydrogen) atoms. The van der Waals surface area contributed by atoms with Gasteiger partial charge in [0.2, 0.25) is 11.7 Å². The number of imide groups is 1. The van der Waals surface area contributed by atoms with Gasteiger partial charge in [0.1, 0.15) is 11.5 Å². The highest BCUT2D eigenvalue weighted by atomic mass is 32.2. The van der Waals surface area contributed by atoms with Crippen LogP contribution in [0.1, 0.15) is 21.8 Å². The highest BCUT2D eigenvalue weighted by Gasteiger charge is 2.25. The third kappa shape index (κ3) is 4.33. The predicted molar refractivity (Wildman–Crippen MR) is 112 cm³/mol. The Balaban J connectivity index is 1.40. The molecule has 1 N–H and O–H groups in total. The molecule has 2 aromatic carbocycles. The minimum absolute atomic E-state index is 0.186. The SMILES string of the molecule is Cc1oc(-c2ccccc2)nc1C(=O)COc1ccc(/C=C2/SC(=O)NC2=O)cc1. The molecule has 0 atom stereocenters. The van der Waals surface area contributed by atoms with Crippen molar-refractivity contribution in [3.8, 4) is 17.2 Å². The van der Waals surface area contributed by atoms with Gasteiger partial charge in [-0.25, -0.2) is 4.98 Å². The van der Waals surface area contributed by atoms with E-state index in [1.807, 2.05) is 30.3 Å². The molecular weight excluding hydrogens is 404 g/mol. The van der Waals surface area contributed by atoms with E-state index in [-0.39, 0.29) is 23.3 Å². The third-order valence-corrected chi connectivity index (χ3v) is 5.08. The van der Waals surface area contributed by atoms with Crippen molar-refractivity contribution < 1.29 is 23.5 Å². The number of rotatable bonds is 6. The fraction of sp³-hybridized carbons (Fsp3) is 0.0909. The van der Waals surface area contributed by atoms with Gasteiger partial charge >= 0.3 is 0 Å². The van der Waals surface area contributed by atoms with Crippen LogP contribution in [-0.2, 0) is 4.79 Å². The molecule has 0 aliphatic carbocycles. The summed E-state index contributed by atoms with van der Waals surface area (Å²) >= 11 is 0.856. The first-order chi connectivity index (χ1) is 14.5. The van der Waals surface area contributed by atoms with Gasteiger partial charge < -0.3 is 9.15 Å². The predicted octanol–water partition coefficient (Wildman–Crippen LogP) is 4.24. The van der Waals surface area contributed by atoms with Crippen LogP contribution in [0, 0.1) is 6.92 Å². The molecule has 1 aromatic heterocycles. The first kappa shape index (κ1) is 19.7. The number of ether oxygens (including phenoxy) is 1. The number of amides is 2. The minimum atomic E-state index is -0.409. The summed E-state index contributed by atoms with van der Waals surface area (Å²) in [6.45, 7) is 1.51. The number of carbonyl (C=O) groups is 3. The van der Waals surface area contributed by atoms with Crippen LogP contribution in [-0.4, -0.2) is 28.5 Å². The zero-order valence-electron chi connectivity index (χ0n) is 15.9. The maximum absolute atomic E-state index is 12.5. The summed E-state index contributed by atoms with van der Waals surface area (Å²) in [5.41, 5.74) is 1.77. The summed E-state index contributed by atoms with van der Waals surface area (Å²) in [4.78, 5) is 39.9. The maximum atomic E-state index is 12.5. The van der Waals surface area contributed by atoms with E-state index in [9.17, 15) is 14.4 Å². The molecule has 0 saturated carbocycles. The van der Waals surface area contributed by atoms with Crippen molar-refractivity contribution in [2.45, 2.75) is 6.92 Å². The number of hydrogen-bond acceptors (Lipinski definition) is 7. The first-order valence-electron chi connectivity index (χ1n) is 9.03. The van der Waals surface area contributed by atoms with E-state index in [1.54, 1.807) is 37.3 Å². The zero-order chi connectivity index (χ0) is 21.1. The van der Waals surface area contributed by atoms with Gasteiger partial charge in [0.25, 0.3) is 11.1 Å². The fourth-order valence-corrected chi connectivity index (χ4v) is 3.49. The Morgan fingerprint density at radius 2 is 1.87 bits per heavy atom. The Hall–Kier alpha value is -3.65. The van der Waals surface area contributed by atoms with E-state index in [4.69, 9.17) is 9.15 Å². The summed E-state index contributed by atoms with van der Waals surface area (Å²) in [6.07, 6.45) is 1.61. The Morgan fingerprint density at radius 1 is 1.13 bits per heavy atom. The highest BCUT2D eigenvalue weighted by molar-refractivity contribution is 8.18. The van der Waals surface area contributed by atoms with E-state index in [2.05, 4.69) is 10.3 Å². The highest BCUT2D eigenvalue weighted by Crippen LogP contribution is 2.26. The number of aryl methyl sites for hydroxylation is 1. The summed E-state index contributed by atoms with van der Waals surface area (Å²) in [6, 6.07) is 16.2. The molecule has 1 aliphatic rings. The fourth-order valence-electron chi connectivity index (χ4n) is 2.81. The molecule has 2 heterocycles. The number of nitrogens with zero attached hydrogens (tertiary/aromatic N) is 1. The molecule has 1 saturated heterocycles. The van der Waals surface area contributed by atoms with E-state index < -0.39 is 5.91 Å². The van der Waals surface area contributed by atoms with E-state index in [0.717, 1.165) is 22.9 Å². The summed E-state index contributed by atoms with van der Waals surface area (Å²) in [5, 5.41) is 1.82. The molecule has 150 valence electrons. The maximum Gasteiger partial charge on any atom is 0.290 e. The van der Waals surface area contributed by atoms with Crippen molar-refractivity contribution >= 4 is 34.8 Å². The number of Topliss-reactive ketones (excluding diaryl/α,β-unsaturated/α-hetero) is 1. The molecule has 8 heteroatoms. The van der Waals surface area contributed by atoms with Gasteiger partial charge in [-0.1, -0.05) is 30.3 Å². The summed E-state index contributed by atoms with van der Waals surface area (Å²) in [7, 11) is 0. The van der Waals surface area contributed by atoms with Crippen LogP contribution in [0.3, 0.4) is 0 Å². The van der Waals surface area contributed by atoms with E-state index >= 15 is 0 Å². The Morgan fingerprint density at radius 3 is 2.53 bits per heavy atom. The van der Waals surface area contributed by atoms with Crippen molar-refractivity contribution in [1.29, 1.82) is 0 Å². The van der Waals surface area contributed by atoms with Crippen LogP contribution in [0.2, 0.25) is 0 Å². The number of benzene rings is 2. The standard InChI is InChI=1S/C22H16N2O5S/c1-13-19(23-21(29-13)15-5-3-2-4-6-15)17(25)12-28-16-9-7-14(8-10-16)11-18-20(26)24-22(27)30-18/h2-11H,12H2,1H3,(H,24,26,27)/b18-11+. The van der Waals surface area contributed by atoms with Gasteiger partial charge in [0.15, 0.2) is 12.3 Å². The van der Waals surface area contributed by atoms with Gasteiger partial charge in [-0.2, -0.15) is 0 Å². The van der Waals surface area contributed by atoms with Crippen molar-refractivity contribution in [1.82, 2.24) is 10.3 Å². The average Bonchev–Trinajstić information content (AvgIpc) is 3.29. The van der Waals surface area contributed by atoms with Crippen molar-refractivity contribution in [3.63, 3.8) is 0 Å². The Labute approximate surface area is 176 Å². The lowest BCUT2D eigenvalue weighted by Gasteiger charge is -2.05. The lowest BCUT2D eigenvalue weighted by Crippen LogP contribution is -2.17. The van der Waals surface area contributed by atoms with E-state index in [0.29, 0.717) is 22.3 Å². The number of thioether (sulfide) groups is 1. The quantitative estimate of drug-likeness (QED) is 0.470. The van der Waals surface area contributed by atoms with Crippen molar-refractivity contribution in [3.05, 3.63) is 76.5 Å². The van der Waals surface area contributed by atoms with Gasteiger partial charge in [-0.3, -0.25) is 19.7 Å². The first-order valence-corrected chi connectivity index (χ1v) is 9.85. The number of carbonyl (C=O) groups excluding carboxylic acids is 3. The Bertz CT molecular complexity index is 1150. The van der Waals surface area contributed by atoms with Crippen molar-refractivity contribution in [2.24, 2.45) is 0 Å². The van der Waals surface area contributed by atoms with Gasteiger partial charge in [-0.15, -0.1) is 0 Å². The van der Waals surface area contributed by atoms with Crippen LogP contribution in [0.4, 0.5) is 4.79 Å². The number of ketones is 1. The van der Waals surface area contributed by atoms with Crippen LogP contribution in [0.25, 0.3) is 17.5 Å². The lowest BCUT2D eigenvalue weighted by molar-refractivity contribution is -0.115. The van der Waals surface area contributed by atoms with E-state index in [1.165, 1.54) is 0 Å². The minimum Gasteiger partial charge on any atom is -0.485 e. The van der Waals surface area contributed by atoms with Crippen LogP contribution < -0.4 is 10.1 Å². The Kier molecular flexibility index (Phi) is 5.49. The zero-order valence-corrected chi connectivity index (χ0v) is 16.7. The molecule has 4 rings (SSSR count). The lowest BCUT2D eigenvalue weighted by atomic mass is 10.2. The normalized spacial score (nSPS) is 14.8. The number of oxazole rings is 1. The topological polar surface area (TPSA) is 98.5 Å². The van der Waals surface area contributed by atoms with Gasteiger partial charge in [0.05, 0.1) is 4.91 Å². The molecule has 3 aromatic rings. The molecular formula is C22H16N2O5S. The third-order valence-electron chi connectivity index (χ3n) is 4.27. The number of hydrogen-bond donors (Lipinski definition) is 1. The van der Waals surface area contributed by atoms with Crippen LogP contribution in [0.5, 0.6) is 5.75 Å². The molecule has 2 amide bonds. The van der Waals surface area contributed by atoms with Crippen LogP contribution in [0.15, 0.2) is 63.9 Å². The molecule has 0 unspecified atom stereocenters. The molecule has 1 aliphatic heterocycles. The smallest absolute Gasteiger partial charge is 0.290 e. The number of nitrogens with one attached hydrogen (secondary N) is 1. The largest absolute Gasteiger partial charge is 0.485 e. The molecule has 1 fully saturated rings. The number of aromatic nitrogens is 1. The molecule has 7 nitrogen and oxygen atoms in total. The van der Waals surface area contributed by atoms with Gasteiger partial charge in [-0.05, 0) is 54.6 Å². The second kappa shape index (κ2) is 8.38. The summed E-state index contributed by atoms with van der Waals surface area (Å²) in [5.74, 6) is 0.623.